The molecule has 0 radical (unpaired) electrons. The molecule has 2 fully saturated rings. The maximum Gasteiger partial charge on any atom is 0.240 e. The fourth-order valence-corrected chi connectivity index (χ4v) is 3.63. The maximum atomic E-state index is 12.2. The lowest BCUT2D eigenvalue weighted by atomic mass is 9.85. The van der Waals surface area contributed by atoms with Gasteiger partial charge in [0, 0.05) is 6.04 Å². The van der Waals surface area contributed by atoms with Gasteiger partial charge in [-0.2, -0.15) is 0 Å². The summed E-state index contributed by atoms with van der Waals surface area (Å²) in [5.74, 6) is 0.979. The number of rotatable bonds is 5. The van der Waals surface area contributed by atoms with E-state index in [1.54, 1.807) is 0 Å². The molecule has 0 heterocycles. The van der Waals surface area contributed by atoms with Gasteiger partial charge in [0.2, 0.25) is 5.91 Å². The van der Waals surface area contributed by atoms with Crippen molar-refractivity contribution in [1.29, 1.82) is 0 Å². The molecule has 2 saturated carbocycles. The fourth-order valence-electron chi connectivity index (χ4n) is 3.63. The molecule has 3 nitrogen and oxygen atoms in total. The zero-order chi connectivity index (χ0) is 13.7. The van der Waals surface area contributed by atoms with Crippen LogP contribution in [0.4, 0.5) is 0 Å². The lowest BCUT2D eigenvalue weighted by Crippen LogP contribution is -2.54. The molecule has 2 aliphatic rings. The summed E-state index contributed by atoms with van der Waals surface area (Å²) >= 11 is 0. The smallest absolute Gasteiger partial charge is 0.240 e. The number of carbonyl (C=O) groups is 1. The van der Waals surface area contributed by atoms with Crippen LogP contribution < -0.4 is 11.1 Å². The molecule has 2 rings (SSSR count). The predicted molar refractivity (Wildman–Crippen MR) is 86.0 cm³/mol. The summed E-state index contributed by atoms with van der Waals surface area (Å²) in [6, 6.07) is 0.274. The van der Waals surface area contributed by atoms with Crippen LogP contribution in [-0.2, 0) is 4.79 Å². The van der Waals surface area contributed by atoms with Gasteiger partial charge in [-0.25, -0.2) is 0 Å². The van der Waals surface area contributed by atoms with Crippen molar-refractivity contribution >= 4 is 18.3 Å². The molecule has 118 valence electrons. The molecule has 20 heavy (non-hydrogen) atoms. The van der Waals surface area contributed by atoms with E-state index in [4.69, 9.17) is 5.73 Å². The Balaban J connectivity index is 0.00000200. The summed E-state index contributed by atoms with van der Waals surface area (Å²) < 4.78 is 0. The summed E-state index contributed by atoms with van der Waals surface area (Å²) in [6.45, 7) is 2.12. The fraction of sp³-hybridized carbons (Fsp3) is 0.938. The van der Waals surface area contributed by atoms with Crippen molar-refractivity contribution in [2.75, 3.05) is 0 Å². The average Bonchev–Trinajstić information content (AvgIpc) is 2.86. The molecule has 0 aromatic heterocycles. The summed E-state index contributed by atoms with van der Waals surface area (Å²) in [5.41, 5.74) is 5.61. The van der Waals surface area contributed by atoms with E-state index in [1.165, 1.54) is 38.5 Å². The molecule has 0 aliphatic heterocycles. The SMILES string of the molecule is CC(CCC1CCCCC1)NC(=O)C1(N)CCCC1.Cl. The summed E-state index contributed by atoms with van der Waals surface area (Å²) in [6.07, 6.45) is 13.3. The van der Waals surface area contributed by atoms with Gasteiger partial charge in [-0.3, -0.25) is 4.79 Å². The summed E-state index contributed by atoms with van der Waals surface area (Å²) in [5, 5.41) is 3.14. The van der Waals surface area contributed by atoms with Crippen molar-refractivity contribution in [3.63, 3.8) is 0 Å². The van der Waals surface area contributed by atoms with Crippen molar-refractivity contribution in [3.05, 3.63) is 0 Å². The zero-order valence-electron chi connectivity index (χ0n) is 12.8. The standard InChI is InChI=1S/C16H30N2O.ClH/c1-13(9-10-14-7-3-2-4-8-14)18-15(19)16(17)11-5-6-12-16;/h13-14H,2-12,17H2,1H3,(H,18,19);1H. The van der Waals surface area contributed by atoms with E-state index in [2.05, 4.69) is 12.2 Å². The first-order valence-corrected chi connectivity index (χ1v) is 8.20. The van der Waals surface area contributed by atoms with Gasteiger partial charge in [0.25, 0.3) is 0 Å². The third-order valence-corrected chi connectivity index (χ3v) is 5.06. The second-order valence-corrected chi connectivity index (χ2v) is 6.82. The normalized spacial score (nSPS) is 23.9. The van der Waals surface area contributed by atoms with Crippen LogP contribution in [0.15, 0.2) is 0 Å². The number of hydrogen-bond acceptors (Lipinski definition) is 2. The van der Waals surface area contributed by atoms with E-state index in [-0.39, 0.29) is 24.4 Å². The Morgan fingerprint density at radius 1 is 1.20 bits per heavy atom. The van der Waals surface area contributed by atoms with Crippen molar-refractivity contribution in [1.82, 2.24) is 5.32 Å². The zero-order valence-corrected chi connectivity index (χ0v) is 13.6. The minimum absolute atomic E-state index is 0. The van der Waals surface area contributed by atoms with E-state index >= 15 is 0 Å². The first-order valence-electron chi connectivity index (χ1n) is 8.20. The van der Waals surface area contributed by atoms with Crippen LogP contribution in [0.25, 0.3) is 0 Å². The van der Waals surface area contributed by atoms with E-state index < -0.39 is 5.54 Å². The second-order valence-electron chi connectivity index (χ2n) is 6.82. The first kappa shape index (κ1) is 17.8. The molecule has 0 bridgehead atoms. The minimum atomic E-state index is -0.570. The van der Waals surface area contributed by atoms with Crippen molar-refractivity contribution in [3.8, 4) is 0 Å². The van der Waals surface area contributed by atoms with Crippen LogP contribution in [0.1, 0.15) is 77.6 Å². The Hall–Kier alpha value is -0.280. The monoisotopic (exact) mass is 302 g/mol. The summed E-state index contributed by atoms with van der Waals surface area (Å²) in [4.78, 5) is 12.2. The van der Waals surface area contributed by atoms with Gasteiger partial charge in [-0.1, -0.05) is 44.9 Å². The highest BCUT2D eigenvalue weighted by Crippen LogP contribution is 2.29. The van der Waals surface area contributed by atoms with Gasteiger partial charge in [0.1, 0.15) is 0 Å². The van der Waals surface area contributed by atoms with Crippen LogP contribution in [0, 0.1) is 5.92 Å². The van der Waals surface area contributed by atoms with Gasteiger partial charge in [-0.05, 0) is 38.5 Å². The quantitative estimate of drug-likeness (QED) is 0.816. The van der Waals surface area contributed by atoms with Crippen LogP contribution in [0.2, 0.25) is 0 Å². The van der Waals surface area contributed by atoms with Crippen LogP contribution in [0.5, 0.6) is 0 Å². The van der Waals surface area contributed by atoms with E-state index in [9.17, 15) is 4.79 Å². The minimum Gasteiger partial charge on any atom is -0.352 e. The Morgan fingerprint density at radius 2 is 1.80 bits per heavy atom. The number of hydrogen-bond donors (Lipinski definition) is 2. The Labute approximate surface area is 129 Å². The number of carbonyl (C=O) groups excluding carboxylic acids is 1. The molecule has 1 unspecified atom stereocenters. The molecule has 2 aliphatic carbocycles. The van der Waals surface area contributed by atoms with E-state index in [1.807, 2.05) is 0 Å². The highest BCUT2D eigenvalue weighted by Gasteiger charge is 2.37. The van der Waals surface area contributed by atoms with Crippen LogP contribution in [-0.4, -0.2) is 17.5 Å². The van der Waals surface area contributed by atoms with Crippen LogP contribution in [0.3, 0.4) is 0 Å². The first-order chi connectivity index (χ1) is 9.10. The molecular weight excluding hydrogens is 272 g/mol. The van der Waals surface area contributed by atoms with Gasteiger partial charge in [0.05, 0.1) is 5.54 Å². The molecule has 1 atom stereocenters. The number of nitrogens with one attached hydrogen (secondary N) is 1. The van der Waals surface area contributed by atoms with Crippen LogP contribution >= 0.6 is 12.4 Å². The van der Waals surface area contributed by atoms with Gasteiger partial charge in [-0.15, -0.1) is 12.4 Å². The highest BCUT2D eigenvalue weighted by atomic mass is 35.5. The van der Waals surface area contributed by atoms with Crippen molar-refractivity contribution in [2.45, 2.75) is 89.1 Å². The predicted octanol–water partition coefficient (Wildman–Crippen LogP) is 3.54. The number of halogens is 1. The molecule has 0 saturated heterocycles. The molecule has 0 aromatic carbocycles. The third kappa shape index (κ3) is 4.92. The molecule has 0 aromatic rings. The lowest BCUT2D eigenvalue weighted by molar-refractivity contribution is -0.126. The Kier molecular flexibility index (Phi) is 7.32. The average molecular weight is 303 g/mol. The molecule has 4 heteroatoms. The summed E-state index contributed by atoms with van der Waals surface area (Å²) in [7, 11) is 0. The van der Waals surface area contributed by atoms with Crippen molar-refractivity contribution < 1.29 is 4.79 Å². The highest BCUT2D eigenvalue weighted by molar-refractivity contribution is 5.86. The molecule has 1 amide bonds. The number of amides is 1. The number of nitrogens with two attached hydrogens (primary N) is 1. The topological polar surface area (TPSA) is 55.1 Å². The Morgan fingerprint density at radius 3 is 2.40 bits per heavy atom. The third-order valence-electron chi connectivity index (χ3n) is 5.06. The largest absolute Gasteiger partial charge is 0.352 e. The Bertz CT molecular complexity index is 297. The molecule has 3 N–H and O–H groups in total. The van der Waals surface area contributed by atoms with Gasteiger partial charge >= 0.3 is 0 Å². The second kappa shape index (κ2) is 8.23. The van der Waals surface area contributed by atoms with E-state index in [0.717, 1.165) is 38.0 Å². The molecule has 0 spiro atoms. The molecular formula is C16H31ClN2O. The van der Waals surface area contributed by atoms with Crippen molar-refractivity contribution in [2.24, 2.45) is 11.7 Å². The van der Waals surface area contributed by atoms with Gasteiger partial charge in [0.15, 0.2) is 0 Å². The van der Waals surface area contributed by atoms with Gasteiger partial charge < -0.3 is 11.1 Å². The van der Waals surface area contributed by atoms with E-state index in [0.29, 0.717) is 0 Å². The lowest BCUT2D eigenvalue weighted by Gasteiger charge is -2.27. The maximum absolute atomic E-state index is 12.2.